The number of rotatable bonds is 10. The van der Waals surface area contributed by atoms with Crippen LogP contribution in [-0.4, -0.2) is 97.0 Å². The second-order valence-electron chi connectivity index (χ2n) is 13.7. The Balaban J connectivity index is 0.890. The van der Waals surface area contributed by atoms with Crippen molar-refractivity contribution in [1.29, 1.82) is 5.26 Å². The van der Waals surface area contributed by atoms with E-state index in [1.54, 1.807) is 22.9 Å². The molecule has 0 bridgehead atoms. The first-order valence-electron chi connectivity index (χ1n) is 18.2. The lowest BCUT2D eigenvalue weighted by atomic mass is 9.89. The number of amides is 3. The molecule has 14 nitrogen and oxygen atoms in total. The Kier molecular flexibility index (Phi) is 11.6. The molecule has 3 amide bonds. The monoisotopic (exact) mass is 770 g/mol. The van der Waals surface area contributed by atoms with Gasteiger partial charge in [-0.15, -0.1) is 0 Å². The van der Waals surface area contributed by atoms with Crippen LogP contribution in [0, 0.1) is 23.2 Å². The molecule has 4 aromatic rings. The zero-order valence-corrected chi connectivity index (χ0v) is 31.0. The van der Waals surface area contributed by atoms with E-state index >= 15 is 0 Å². The molecule has 0 spiro atoms. The highest BCUT2D eigenvalue weighted by Gasteiger charge is 2.29. The van der Waals surface area contributed by atoms with Gasteiger partial charge < -0.3 is 15.0 Å². The van der Waals surface area contributed by atoms with E-state index in [2.05, 4.69) is 65.4 Å². The van der Waals surface area contributed by atoms with Gasteiger partial charge in [-0.3, -0.25) is 19.7 Å². The lowest BCUT2D eigenvalue weighted by Crippen LogP contribution is -2.49. The Morgan fingerprint density at radius 2 is 1.78 bits per heavy atom. The van der Waals surface area contributed by atoms with E-state index in [0.29, 0.717) is 72.6 Å². The Morgan fingerprint density at radius 1 is 1.02 bits per heavy atom. The topological polar surface area (TPSA) is 162 Å². The number of nitrogens with zero attached hydrogens (tertiary/aromatic N) is 8. The van der Waals surface area contributed by atoms with Crippen molar-refractivity contribution in [2.24, 2.45) is 7.05 Å². The maximum Gasteiger partial charge on any atom is 0.387 e. The fraction of sp³-hybridized carbons (Fsp3) is 0.421. The minimum atomic E-state index is -2.94. The van der Waals surface area contributed by atoms with Crippen LogP contribution in [0.25, 0.3) is 10.9 Å². The minimum Gasteiger partial charge on any atom is -0.432 e. The number of nitriles is 1. The summed E-state index contributed by atoms with van der Waals surface area (Å²) >= 11 is 0. The lowest BCUT2D eigenvalue weighted by Gasteiger charge is -2.31. The number of anilines is 2. The van der Waals surface area contributed by atoms with Crippen molar-refractivity contribution in [2.45, 2.75) is 62.0 Å². The fourth-order valence-corrected chi connectivity index (χ4v) is 8.47. The number of nitrogens with one attached hydrogen (secondary N) is 2. The van der Waals surface area contributed by atoms with Gasteiger partial charge in [0.1, 0.15) is 17.1 Å². The molecule has 3 aliphatic heterocycles. The quantitative estimate of drug-likeness (QED) is 0.220. The predicted octanol–water partition coefficient (Wildman–Crippen LogP) is 4.50. The minimum absolute atomic E-state index is 0.0277. The number of carbonyl (C=O) groups excluding carboxylic acids is 2. The maximum atomic E-state index is 13.5. The third kappa shape index (κ3) is 8.91. The number of aryl methyl sites for hydroxylation is 1. The molecule has 3 aliphatic rings. The third-order valence-electron chi connectivity index (χ3n) is 10.2. The molecule has 17 heteroatoms. The number of likely N-dealkylation sites (tertiary alicyclic amines) is 1. The second kappa shape index (κ2) is 16.9. The van der Waals surface area contributed by atoms with Crippen LogP contribution in [0.3, 0.4) is 0 Å². The van der Waals surface area contributed by atoms with Crippen molar-refractivity contribution in [3.8, 4) is 23.7 Å². The van der Waals surface area contributed by atoms with E-state index in [-0.39, 0.29) is 24.1 Å². The van der Waals surface area contributed by atoms with Gasteiger partial charge in [-0.1, -0.05) is 17.9 Å². The number of aromatic nitrogens is 4. The van der Waals surface area contributed by atoms with E-state index < -0.39 is 23.6 Å². The van der Waals surface area contributed by atoms with Gasteiger partial charge in [-0.05, 0) is 80.6 Å². The fourth-order valence-electron chi connectivity index (χ4n) is 7.22. The van der Waals surface area contributed by atoms with E-state index in [1.807, 2.05) is 17.4 Å². The van der Waals surface area contributed by atoms with Crippen LogP contribution in [0.1, 0.15) is 61.1 Å². The molecule has 2 N–H and O–H groups in total. The Labute approximate surface area is 319 Å². The van der Waals surface area contributed by atoms with Gasteiger partial charge in [0.25, 0.3) is 0 Å². The van der Waals surface area contributed by atoms with Crippen molar-refractivity contribution in [1.82, 2.24) is 34.3 Å². The van der Waals surface area contributed by atoms with Crippen LogP contribution < -0.4 is 20.3 Å². The molecule has 1 atom stereocenters. The van der Waals surface area contributed by atoms with Crippen LogP contribution >= 0.6 is 0 Å². The van der Waals surface area contributed by atoms with E-state index in [1.165, 1.54) is 22.9 Å². The Bertz CT molecular complexity index is 2180. The summed E-state index contributed by atoms with van der Waals surface area (Å²) in [5.41, 5.74) is 3.18. The number of piperidine rings is 2. The van der Waals surface area contributed by atoms with Crippen LogP contribution in [0.5, 0.6) is 5.75 Å². The average Bonchev–Trinajstić information content (AvgIpc) is 3.52. The summed E-state index contributed by atoms with van der Waals surface area (Å²) in [5.74, 6) is 7.27. The molecule has 0 radical (unpaired) electrons. The maximum absolute atomic E-state index is 13.5. The standard InChI is InChI=1S/C38H40F2N10O4S/c1-47-33-21-27(6-8-32(33)35(46-47)50-19-13-34(51)45-38(50)52)25-9-15-48(16-10-25)14-3-2-4-26-20-31(7-5-28(26)22-41)55(53)49-17-11-29(12-18-49)44-37-42-23-30(24-43-37)54-36(39)40/h5-8,20-21,23-25,29,36H,3,9-19H2,1H3,(H,42,43,44)(H,45,51,52). The summed E-state index contributed by atoms with van der Waals surface area (Å²) in [6, 6.07) is 13.2. The summed E-state index contributed by atoms with van der Waals surface area (Å²) in [7, 11) is 0.430. The highest BCUT2D eigenvalue weighted by molar-refractivity contribution is 7.82. The molecule has 5 heterocycles. The second-order valence-corrected chi connectivity index (χ2v) is 15.2. The van der Waals surface area contributed by atoms with Gasteiger partial charge in [-0.2, -0.15) is 19.1 Å². The molecule has 3 fully saturated rings. The van der Waals surface area contributed by atoms with Crippen molar-refractivity contribution in [2.75, 3.05) is 49.5 Å². The molecular formula is C38H40F2N10O4S. The van der Waals surface area contributed by atoms with Crippen LogP contribution in [0.15, 0.2) is 53.7 Å². The van der Waals surface area contributed by atoms with Crippen molar-refractivity contribution < 1.29 is 27.3 Å². The molecular weight excluding hydrogens is 731 g/mol. The molecule has 2 aromatic heterocycles. The molecule has 7 rings (SSSR count). The number of benzene rings is 2. The Hall–Kier alpha value is -5.49. The molecule has 3 saturated heterocycles. The summed E-state index contributed by atoms with van der Waals surface area (Å²) in [6.07, 6.45) is 6.61. The van der Waals surface area contributed by atoms with E-state index in [9.17, 15) is 27.8 Å². The van der Waals surface area contributed by atoms with Crippen molar-refractivity contribution in [3.63, 3.8) is 0 Å². The molecule has 0 saturated carbocycles. The first kappa shape index (κ1) is 37.8. The molecule has 286 valence electrons. The molecule has 55 heavy (non-hydrogen) atoms. The SMILES string of the molecule is Cn1nc(N2CCC(=O)NC2=O)c2ccc(C3CCN(CCC#Cc4cc(S(=O)N5CCC(Nc6ncc(OC(F)F)cn6)CC5)ccc4C#N)CC3)cc21. The molecule has 0 aliphatic carbocycles. The van der Waals surface area contributed by atoms with Gasteiger partial charge in [0.2, 0.25) is 11.9 Å². The van der Waals surface area contributed by atoms with E-state index in [4.69, 9.17) is 0 Å². The largest absolute Gasteiger partial charge is 0.432 e. The van der Waals surface area contributed by atoms with Gasteiger partial charge in [0.15, 0.2) is 11.6 Å². The van der Waals surface area contributed by atoms with Crippen molar-refractivity contribution in [3.05, 3.63) is 65.5 Å². The lowest BCUT2D eigenvalue weighted by molar-refractivity contribution is -0.120. The zero-order valence-electron chi connectivity index (χ0n) is 30.2. The first-order chi connectivity index (χ1) is 26.6. The number of alkyl halides is 2. The number of carbonyl (C=O) groups is 2. The normalized spacial score (nSPS) is 18.1. The number of fused-ring (bicyclic) bond motifs is 1. The smallest absolute Gasteiger partial charge is 0.387 e. The average molecular weight is 771 g/mol. The first-order valence-corrected chi connectivity index (χ1v) is 19.3. The van der Waals surface area contributed by atoms with Crippen molar-refractivity contribution >= 4 is 45.6 Å². The van der Waals surface area contributed by atoms with Crippen LogP contribution in [0.2, 0.25) is 0 Å². The number of ether oxygens (including phenoxy) is 1. The summed E-state index contributed by atoms with van der Waals surface area (Å²) < 4.78 is 46.3. The number of hydrogen-bond donors (Lipinski definition) is 2. The van der Waals surface area contributed by atoms with Gasteiger partial charge in [0, 0.05) is 63.1 Å². The summed E-state index contributed by atoms with van der Waals surface area (Å²) in [4.78, 5) is 36.7. The molecule has 2 aromatic carbocycles. The van der Waals surface area contributed by atoms with Crippen LogP contribution in [0.4, 0.5) is 25.3 Å². The highest BCUT2D eigenvalue weighted by atomic mass is 32.2. The highest BCUT2D eigenvalue weighted by Crippen LogP contribution is 2.33. The molecule has 1 unspecified atom stereocenters. The van der Waals surface area contributed by atoms with E-state index in [0.717, 1.165) is 43.4 Å². The zero-order chi connectivity index (χ0) is 38.5. The predicted molar refractivity (Wildman–Crippen MR) is 201 cm³/mol. The van der Waals surface area contributed by atoms with Crippen LogP contribution in [-0.2, 0) is 22.8 Å². The Morgan fingerprint density at radius 3 is 2.49 bits per heavy atom. The number of halogens is 2. The summed E-state index contributed by atoms with van der Waals surface area (Å²) in [5, 5.41) is 20.8. The third-order valence-corrected chi connectivity index (χ3v) is 11.7. The number of imide groups is 1. The van der Waals surface area contributed by atoms with Gasteiger partial charge in [0.05, 0.1) is 28.4 Å². The number of hydrogen-bond acceptors (Lipinski definition) is 10. The summed E-state index contributed by atoms with van der Waals surface area (Å²) in [6.45, 7) is 1.14. The number of urea groups is 1. The van der Waals surface area contributed by atoms with Gasteiger partial charge in [-0.25, -0.2) is 23.3 Å². The van der Waals surface area contributed by atoms with Gasteiger partial charge >= 0.3 is 12.6 Å².